The molecular formula is C13H21BrN2. The number of hydrogen-bond acceptors (Lipinski definition) is 2. The van der Waals surface area contributed by atoms with Crippen LogP contribution in [0, 0.1) is 0 Å². The Hall–Kier alpha value is -0.410. The van der Waals surface area contributed by atoms with Gasteiger partial charge in [0.25, 0.3) is 0 Å². The van der Waals surface area contributed by atoms with Gasteiger partial charge in [-0.25, -0.2) is 0 Å². The maximum atomic E-state index is 4.38. The largest absolute Gasteiger partial charge is 0.314 e. The minimum Gasteiger partial charge on any atom is -0.314 e. The first kappa shape index (κ1) is 13.7. The second-order valence-corrected chi connectivity index (χ2v) is 4.94. The van der Waals surface area contributed by atoms with Gasteiger partial charge in [-0.3, -0.25) is 4.98 Å². The Morgan fingerprint density at radius 2 is 2.19 bits per heavy atom. The van der Waals surface area contributed by atoms with Gasteiger partial charge in [-0.2, -0.15) is 0 Å². The van der Waals surface area contributed by atoms with Gasteiger partial charge in [0, 0.05) is 22.4 Å². The lowest BCUT2D eigenvalue weighted by Crippen LogP contribution is -2.28. The molecule has 0 aliphatic carbocycles. The Labute approximate surface area is 107 Å². The zero-order chi connectivity index (χ0) is 11.8. The van der Waals surface area contributed by atoms with Gasteiger partial charge in [-0.1, -0.05) is 13.8 Å². The molecule has 0 fully saturated rings. The summed E-state index contributed by atoms with van der Waals surface area (Å²) >= 11 is 3.40. The average molecular weight is 285 g/mol. The number of pyridine rings is 1. The highest BCUT2D eigenvalue weighted by Gasteiger charge is 2.04. The van der Waals surface area contributed by atoms with E-state index in [2.05, 4.69) is 52.2 Å². The summed E-state index contributed by atoms with van der Waals surface area (Å²) in [5.74, 6) is 0. The minimum absolute atomic E-state index is 0.667. The van der Waals surface area contributed by atoms with Crippen LogP contribution in [0.15, 0.2) is 22.8 Å². The van der Waals surface area contributed by atoms with Crippen LogP contribution >= 0.6 is 15.9 Å². The first-order chi connectivity index (χ1) is 7.76. The second kappa shape index (κ2) is 7.80. The number of nitrogens with one attached hydrogen (secondary N) is 1. The lowest BCUT2D eigenvalue weighted by atomic mass is 10.1. The van der Waals surface area contributed by atoms with E-state index in [0.717, 1.165) is 17.4 Å². The van der Waals surface area contributed by atoms with Gasteiger partial charge in [0.15, 0.2) is 0 Å². The van der Waals surface area contributed by atoms with Crippen LogP contribution in [-0.2, 0) is 6.42 Å². The summed E-state index contributed by atoms with van der Waals surface area (Å²) in [7, 11) is 0. The van der Waals surface area contributed by atoms with Crippen LogP contribution in [0.5, 0.6) is 0 Å². The van der Waals surface area contributed by atoms with Gasteiger partial charge < -0.3 is 5.32 Å². The van der Waals surface area contributed by atoms with E-state index in [0.29, 0.717) is 6.04 Å². The van der Waals surface area contributed by atoms with Crippen molar-refractivity contribution in [1.82, 2.24) is 10.3 Å². The molecule has 1 aromatic heterocycles. The molecule has 1 atom stereocenters. The van der Waals surface area contributed by atoms with E-state index in [1.54, 1.807) is 0 Å². The number of hydrogen-bond donors (Lipinski definition) is 1. The van der Waals surface area contributed by atoms with Crippen molar-refractivity contribution < 1.29 is 0 Å². The van der Waals surface area contributed by atoms with Crippen LogP contribution in [0.2, 0.25) is 0 Å². The summed E-state index contributed by atoms with van der Waals surface area (Å²) in [6.07, 6.45) is 6.61. The van der Waals surface area contributed by atoms with Crippen molar-refractivity contribution in [3.8, 4) is 0 Å². The number of rotatable bonds is 7. The summed E-state index contributed by atoms with van der Waals surface area (Å²) in [6, 6.07) is 4.82. The smallest absolute Gasteiger partial charge is 0.0413 e. The normalized spacial score (nSPS) is 12.7. The van der Waals surface area contributed by atoms with Crippen molar-refractivity contribution in [2.75, 3.05) is 6.54 Å². The second-order valence-electron chi connectivity index (χ2n) is 4.02. The molecule has 0 saturated carbocycles. The quantitative estimate of drug-likeness (QED) is 0.828. The fourth-order valence-electron chi connectivity index (χ4n) is 1.82. The zero-order valence-electron chi connectivity index (χ0n) is 10.2. The van der Waals surface area contributed by atoms with Gasteiger partial charge in [-0.05, 0) is 60.3 Å². The van der Waals surface area contributed by atoms with Crippen molar-refractivity contribution in [2.45, 2.75) is 45.6 Å². The van der Waals surface area contributed by atoms with E-state index in [4.69, 9.17) is 0 Å². The molecule has 0 spiro atoms. The molecule has 90 valence electrons. The molecule has 1 rings (SSSR count). The van der Waals surface area contributed by atoms with E-state index in [1.807, 2.05) is 6.20 Å². The maximum Gasteiger partial charge on any atom is 0.0413 e. The Morgan fingerprint density at radius 1 is 1.38 bits per heavy atom. The van der Waals surface area contributed by atoms with Gasteiger partial charge in [-0.15, -0.1) is 0 Å². The number of nitrogens with zero attached hydrogens (tertiary/aromatic N) is 1. The Bertz CT molecular complexity index is 284. The Balaban J connectivity index is 2.26. The topological polar surface area (TPSA) is 24.9 Å². The summed E-state index contributed by atoms with van der Waals surface area (Å²) in [6.45, 7) is 5.47. The molecule has 0 aliphatic heterocycles. The lowest BCUT2D eigenvalue weighted by molar-refractivity contribution is 0.466. The van der Waals surface area contributed by atoms with Crippen LogP contribution in [0.3, 0.4) is 0 Å². The molecule has 0 aliphatic rings. The molecule has 3 heteroatoms. The van der Waals surface area contributed by atoms with Gasteiger partial charge in [0.05, 0.1) is 0 Å². The van der Waals surface area contributed by atoms with Crippen molar-refractivity contribution >= 4 is 15.9 Å². The average Bonchev–Trinajstić information content (AvgIpc) is 2.30. The van der Waals surface area contributed by atoms with Crippen molar-refractivity contribution in [3.63, 3.8) is 0 Å². The summed E-state index contributed by atoms with van der Waals surface area (Å²) in [4.78, 5) is 4.38. The van der Waals surface area contributed by atoms with Crippen LogP contribution in [0.1, 0.15) is 38.8 Å². The van der Waals surface area contributed by atoms with Crippen LogP contribution < -0.4 is 5.32 Å². The Morgan fingerprint density at radius 3 is 2.75 bits per heavy atom. The van der Waals surface area contributed by atoms with E-state index >= 15 is 0 Å². The molecule has 1 heterocycles. The SMILES string of the molecule is CCNC(CC)CCCc1ccc(Br)cn1. The molecule has 16 heavy (non-hydrogen) atoms. The monoisotopic (exact) mass is 284 g/mol. The molecule has 0 aromatic carbocycles. The van der Waals surface area contributed by atoms with Crippen LogP contribution in [-0.4, -0.2) is 17.6 Å². The van der Waals surface area contributed by atoms with E-state index in [-0.39, 0.29) is 0 Å². The predicted octanol–water partition coefficient (Wildman–Crippen LogP) is 3.55. The standard InChI is InChI=1S/C13H21BrN2/c1-3-12(15-4-2)6-5-7-13-9-8-11(14)10-16-13/h8-10,12,15H,3-7H2,1-2H3. The maximum absolute atomic E-state index is 4.38. The van der Waals surface area contributed by atoms with E-state index < -0.39 is 0 Å². The van der Waals surface area contributed by atoms with E-state index in [1.165, 1.54) is 25.0 Å². The zero-order valence-corrected chi connectivity index (χ0v) is 11.8. The van der Waals surface area contributed by atoms with Crippen LogP contribution in [0.25, 0.3) is 0 Å². The summed E-state index contributed by atoms with van der Waals surface area (Å²) < 4.78 is 1.05. The number of halogens is 1. The lowest BCUT2D eigenvalue weighted by Gasteiger charge is -2.15. The van der Waals surface area contributed by atoms with E-state index in [9.17, 15) is 0 Å². The van der Waals surface area contributed by atoms with Crippen molar-refractivity contribution in [3.05, 3.63) is 28.5 Å². The van der Waals surface area contributed by atoms with Crippen molar-refractivity contribution in [2.24, 2.45) is 0 Å². The summed E-state index contributed by atoms with van der Waals surface area (Å²) in [5, 5.41) is 3.50. The first-order valence-electron chi connectivity index (χ1n) is 6.10. The number of aromatic nitrogens is 1. The van der Waals surface area contributed by atoms with Gasteiger partial charge >= 0.3 is 0 Å². The highest BCUT2D eigenvalue weighted by atomic mass is 79.9. The molecule has 1 unspecified atom stereocenters. The highest BCUT2D eigenvalue weighted by Crippen LogP contribution is 2.10. The van der Waals surface area contributed by atoms with Crippen molar-refractivity contribution in [1.29, 1.82) is 0 Å². The molecule has 1 N–H and O–H groups in total. The molecule has 1 aromatic rings. The minimum atomic E-state index is 0.667. The van der Waals surface area contributed by atoms with Gasteiger partial charge in [0.2, 0.25) is 0 Å². The number of aryl methyl sites for hydroxylation is 1. The molecule has 0 saturated heterocycles. The summed E-state index contributed by atoms with van der Waals surface area (Å²) in [5.41, 5.74) is 1.19. The Kier molecular flexibility index (Phi) is 6.65. The third-order valence-electron chi connectivity index (χ3n) is 2.76. The highest BCUT2D eigenvalue weighted by molar-refractivity contribution is 9.10. The molecular weight excluding hydrogens is 264 g/mol. The fourth-order valence-corrected chi connectivity index (χ4v) is 2.06. The third-order valence-corrected chi connectivity index (χ3v) is 3.23. The third kappa shape index (κ3) is 5.08. The van der Waals surface area contributed by atoms with Gasteiger partial charge in [0.1, 0.15) is 0 Å². The predicted molar refractivity (Wildman–Crippen MR) is 72.6 cm³/mol. The molecule has 0 radical (unpaired) electrons. The molecule has 2 nitrogen and oxygen atoms in total. The molecule has 0 amide bonds. The molecule has 0 bridgehead atoms. The van der Waals surface area contributed by atoms with Crippen LogP contribution in [0.4, 0.5) is 0 Å². The first-order valence-corrected chi connectivity index (χ1v) is 6.89. The fraction of sp³-hybridized carbons (Fsp3) is 0.615.